The highest BCUT2D eigenvalue weighted by atomic mass is 32.1. The first kappa shape index (κ1) is 12.2. The zero-order chi connectivity index (χ0) is 11.3. The molecule has 1 amide bonds. The highest BCUT2D eigenvalue weighted by Crippen LogP contribution is 2.22. The fourth-order valence-corrected chi connectivity index (χ4v) is 2.22. The molecule has 4 nitrogen and oxygen atoms in total. The highest BCUT2D eigenvalue weighted by molar-refractivity contribution is 7.12. The first-order chi connectivity index (χ1) is 7.15. The van der Waals surface area contributed by atoms with E-state index in [0.717, 1.165) is 4.88 Å². The molecular weight excluding hydrogens is 212 g/mol. The minimum atomic E-state index is -0.404. The van der Waals surface area contributed by atoms with Crippen LogP contribution < -0.4 is 11.1 Å². The average Bonchev–Trinajstić information content (AvgIpc) is 2.59. The molecule has 0 bridgehead atoms. The van der Waals surface area contributed by atoms with Crippen LogP contribution in [-0.2, 0) is 9.53 Å². The van der Waals surface area contributed by atoms with Gasteiger partial charge >= 0.3 is 0 Å². The molecule has 0 aliphatic heterocycles. The van der Waals surface area contributed by atoms with E-state index < -0.39 is 6.04 Å². The number of rotatable bonds is 6. The predicted molar refractivity (Wildman–Crippen MR) is 60.9 cm³/mol. The van der Waals surface area contributed by atoms with Gasteiger partial charge in [-0.15, -0.1) is 11.3 Å². The molecule has 0 saturated heterocycles. The predicted octanol–water partition coefficient (Wildman–Crippen LogP) is 0.819. The van der Waals surface area contributed by atoms with E-state index in [1.165, 1.54) is 4.88 Å². The van der Waals surface area contributed by atoms with Gasteiger partial charge in [-0.2, -0.15) is 0 Å². The number of hydrogen-bond donors (Lipinski definition) is 2. The number of aryl methyl sites for hydroxylation is 1. The second-order valence-electron chi connectivity index (χ2n) is 3.23. The highest BCUT2D eigenvalue weighted by Gasteiger charge is 2.18. The number of carbonyl (C=O) groups is 1. The van der Waals surface area contributed by atoms with Crippen LogP contribution in [0.4, 0.5) is 0 Å². The van der Waals surface area contributed by atoms with E-state index >= 15 is 0 Å². The standard InChI is InChI=1S/C10H16N2O2S/c1-7-3-4-8(15-7)9(10(11)13)12-5-6-14-2/h3-4,9,12H,5-6H2,1-2H3,(H2,11,13). The van der Waals surface area contributed by atoms with Crippen molar-refractivity contribution >= 4 is 17.2 Å². The van der Waals surface area contributed by atoms with Crippen molar-refractivity contribution in [2.45, 2.75) is 13.0 Å². The molecule has 0 fully saturated rings. The van der Waals surface area contributed by atoms with Gasteiger partial charge in [0, 0.05) is 23.4 Å². The average molecular weight is 228 g/mol. The molecule has 1 rings (SSSR count). The largest absolute Gasteiger partial charge is 0.383 e. The molecule has 1 heterocycles. The van der Waals surface area contributed by atoms with Crippen LogP contribution in [0.3, 0.4) is 0 Å². The number of nitrogens with two attached hydrogens (primary N) is 1. The van der Waals surface area contributed by atoms with Crippen molar-refractivity contribution in [1.82, 2.24) is 5.32 Å². The molecular formula is C10H16N2O2S. The fourth-order valence-electron chi connectivity index (χ4n) is 1.26. The van der Waals surface area contributed by atoms with Gasteiger partial charge in [0.25, 0.3) is 0 Å². The van der Waals surface area contributed by atoms with Gasteiger partial charge in [0.15, 0.2) is 0 Å². The van der Waals surface area contributed by atoms with Gasteiger partial charge < -0.3 is 10.5 Å². The molecule has 3 N–H and O–H groups in total. The van der Waals surface area contributed by atoms with Crippen molar-refractivity contribution in [3.8, 4) is 0 Å². The molecule has 0 aliphatic rings. The number of nitrogens with one attached hydrogen (secondary N) is 1. The molecule has 1 aromatic rings. The van der Waals surface area contributed by atoms with Crippen LogP contribution in [0.25, 0.3) is 0 Å². The third-order valence-corrected chi connectivity index (χ3v) is 3.05. The Morgan fingerprint density at radius 1 is 1.67 bits per heavy atom. The number of amides is 1. The summed E-state index contributed by atoms with van der Waals surface area (Å²) in [5.74, 6) is -0.354. The molecule has 0 saturated carbocycles. The Morgan fingerprint density at radius 2 is 2.40 bits per heavy atom. The van der Waals surface area contributed by atoms with Crippen LogP contribution in [0.2, 0.25) is 0 Å². The first-order valence-corrected chi connectivity index (χ1v) is 5.54. The Hall–Kier alpha value is -0.910. The van der Waals surface area contributed by atoms with Gasteiger partial charge in [-0.3, -0.25) is 10.1 Å². The van der Waals surface area contributed by atoms with Crippen molar-refractivity contribution in [2.24, 2.45) is 5.73 Å². The van der Waals surface area contributed by atoms with Gasteiger partial charge in [0.05, 0.1) is 6.61 Å². The van der Waals surface area contributed by atoms with Crippen LogP contribution in [0.1, 0.15) is 15.8 Å². The second-order valence-corrected chi connectivity index (χ2v) is 4.55. The van der Waals surface area contributed by atoms with Gasteiger partial charge in [-0.1, -0.05) is 0 Å². The molecule has 0 radical (unpaired) electrons. The summed E-state index contributed by atoms with van der Waals surface area (Å²) in [6, 6.07) is 3.50. The summed E-state index contributed by atoms with van der Waals surface area (Å²) in [6.45, 7) is 3.18. The quantitative estimate of drug-likeness (QED) is 0.708. The SMILES string of the molecule is COCCNC(C(N)=O)c1ccc(C)s1. The topological polar surface area (TPSA) is 64.3 Å². The minimum absolute atomic E-state index is 0.354. The number of ether oxygens (including phenoxy) is 1. The normalized spacial score (nSPS) is 12.7. The van der Waals surface area contributed by atoms with E-state index in [1.54, 1.807) is 18.4 Å². The minimum Gasteiger partial charge on any atom is -0.383 e. The molecule has 5 heteroatoms. The lowest BCUT2D eigenvalue weighted by molar-refractivity contribution is -0.120. The lowest BCUT2D eigenvalue weighted by atomic mass is 10.2. The van der Waals surface area contributed by atoms with Crippen LogP contribution in [-0.4, -0.2) is 26.2 Å². The number of primary amides is 1. The number of methoxy groups -OCH3 is 1. The van der Waals surface area contributed by atoms with E-state index in [9.17, 15) is 4.79 Å². The van der Waals surface area contributed by atoms with Crippen molar-refractivity contribution in [1.29, 1.82) is 0 Å². The van der Waals surface area contributed by atoms with Crippen molar-refractivity contribution in [3.63, 3.8) is 0 Å². The summed E-state index contributed by atoms with van der Waals surface area (Å²) in [6.07, 6.45) is 0. The zero-order valence-corrected chi connectivity index (χ0v) is 9.76. The summed E-state index contributed by atoms with van der Waals surface area (Å²) in [5, 5.41) is 3.06. The van der Waals surface area contributed by atoms with Gasteiger partial charge in [0.2, 0.25) is 5.91 Å². The third kappa shape index (κ3) is 3.62. The fraction of sp³-hybridized carbons (Fsp3) is 0.500. The Balaban J connectivity index is 2.62. The number of hydrogen-bond acceptors (Lipinski definition) is 4. The number of carbonyl (C=O) groups excluding carboxylic acids is 1. The summed E-state index contributed by atoms with van der Waals surface area (Å²) in [5.41, 5.74) is 5.32. The Labute approximate surface area is 93.4 Å². The summed E-state index contributed by atoms with van der Waals surface area (Å²) in [4.78, 5) is 13.4. The van der Waals surface area contributed by atoms with E-state index in [0.29, 0.717) is 13.2 Å². The molecule has 84 valence electrons. The lowest BCUT2D eigenvalue weighted by Crippen LogP contribution is -2.34. The molecule has 1 aromatic heterocycles. The molecule has 0 aliphatic carbocycles. The van der Waals surface area contributed by atoms with E-state index in [-0.39, 0.29) is 5.91 Å². The summed E-state index contributed by atoms with van der Waals surface area (Å²) < 4.78 is 4.90. The van der Waals surface area contributed by atoms with E-state index in [1.807, 2.05) is 19.1 Å². The van der Waals surface area contributed by atoms with E-state index in [4.69, 9.17) is 10.5 Å². The van der Waals surface area contributed by atoms with Crippen LogP contribution in [0, 0.1) is 6.92 Å². The Bertz CT molecular complexity index is 325. The van der Waals surface area contributed by atoms with Crippen LogP contribution in [0.15, 0.2) is 12.1 Å². The van der Waals surface area contributed by atoms with Crippen molar-refractivity contribution in [3.05, 3.63) is 21.9 Å². The maximum atomic E-state index is 11.2. The first-order valence-electron chi connectivity index (χ1n) is 4.73. The maximum Gasteiger partial charge on any atom is 0.239 e. The van der Waals surface area contributed by atoms with Crippen molar-refractivity contribution in [2.75, 3.05) is 20.3 Å². The van der Waals surface area contributed by atoms with Crippen LogP contribution >= 0.6 is 11.3 Å². The maximum absolute atomic E-state index is 11.2. The third-order valence-electron chi connectivity index (χ3n) is 1.98. The molecule has 0 spiro atoms. The van der Waals surface area contributed by atoms with Gasteiger partial charge in [0.1, 0.15) is 6.04 Å². The Morgan fingerprint density at radius 3 is 2.87 bits per heavy atom. The zero-order valence-electron chi connectivity index (χ0n) is 8.95. The molecule has 15 heavy (non-hydrogen) atoms. The number of thiophene rings is 1. The smallest absolute Gasteiger partial charge is 0.239 e. The lowest BCUT2D eigenvalue weighted by Gasteiger charge is -2.13. The monoisotopic (exact) mass is 228 g/mol. The molecule has 1 unspecified atom stereocenters. The van der Waals surface area contributed by atoms with E-state index in [2.05, 4.69) is 5.32 Å². The molecule has 0 aromatic carbocycles. The molecule has 1 atom stereocenters. The van der Waals surface area contributed by atoms with Crippen LogP contribution in [0.5, 0.6) is 0 Å². The Kier molecular flexibility index (Phi) is 4.74. The second kappa shape index (κ2) is 5.85. The summed E-state index contributed by atoms with van der Waals surface area (Å²) in [7, 11) is 1.62. The van der Waals surface area contributed by atoms with Gasteiger partial charge in [-0.25, -0.2) is 0 Å². The van der Waals surface area contributed by atoms with Crippen molar-refractivity contribution < 1.29 is 9.53 Å². The van der Waals surface area contributed by atoms with Gasteiger partial charge in [-0.05, 0) is 19.1 Å². The summed E-state index contributed by atoms with van der Waals surface area (Å²) >= 11 is 1.58.